The second-order valence-corrected chi connectivity index (χ2v) is 8.26. The van der Waals surface area contributed by atoms with Crippen LogP contribution in [0.1, 0.15) is 41.4 Å². The third kappa shape index (κ3) is 5.65. The lowest BCUT2D eigenvalue weighted by atomic mass is 10.0. The number of rotatable bonds is 7. The highest BCUT2D eigenvalue weighted by Gasteiger charge is 2.21. The highest BCUT2D eigenvalue weighted by atomic mass is 16.5. The minimum atomic E-state index is -0.131. The fourth-order valence-electron chi connectivity index (χ4n) is 3.82. The Balaban J connectivity index is 1.32. The van der Waals surface area contributed by atoms with Crippen LogP contribution >= 0.6 is 0 Å². The van der Waals surface area contributed by atoms with E-state index in [4.69, 9.17) is 4.74 Å². The van der Waals surface area contributed by atoms with E-state index >= 15 is 0 Å². The molecule has 1 fully saturated rings. The lowest BCUT2D eigenvalue weighted by Gasteiger charge is -2.34. The molecule has 0 unspecified atom stereocenters. The van der Waals surface area contributed by atoms with Crippen LogP contribution in [0.15, 0.2) is 72.9 Å². The molecular formula is C26H30N4O2. The van der Waals surface area contributed by atoms with Crippen LogP contribution in [-0.2, 0) is 6.54 Å². The van der Waals surface area contributed by atoms with Gasteiger partial charge >= 0.3 is 0 Å². The van der Waals surface area contributed by atoms with Crippen LogP contribution in [0.5, 0.6) is 5.75 Å². The summed E-state index contributed by atoms with van der Waals surface area (Å²) in [4.78, 5) is 19.4. The number of ether oxygens (including phenoxy) is 1. The summed E-state index contributed by atoms with van der Waals surface area (Å²) in [6.45, 7) is 7.08. The summed E-state index contributed by atoms with van der Waals surface area (Å²) in [5.74, 6) is 1.59. The second kappa shape index (κ2) is 10.3. The van der Waals surface area contributed by atoms with Gasteiger partial charge in [-0.15, -0.1) is 0 Å². The van der Waals surface area contributed by atoms with Gasteiger partial charge in [-0.1, -0.05) is 42.5 Å². The maximum absolute atomic E-state index is 12.6. The third-order valence-electron chi connectivity index (χ3n) is 5.46. The summed E-state index contributed by atoms with van der Waals surface area (Å²) in [7, 11) is 0. The maximum atomic E-state index is 12.6. The molecule has 0 spiro atoms. The topological polar surface area (TPSA) is 66.5 Å². The normalized spacial score (nSPS) is 16.1. The minimum absolute atomic E-state index is 0.131. The molecule has 3 aromatic rings. The lowest BCUT2D eigenvalue weighted by molar-refractivity contribution is 0.0950. The van der Waals surface area contributed by atoms with Crippen LogP contribution in [0, 0.1) is 0 Å². The number of nitrogens with zero attached hydrogens (tertiary/aromatic N) is 2. The van der Waals surface area contributed by atoms with E-state index in [1.165, 1.54) is 5.56 Å². The van der Waals surface area contributed by atoms with Gasteiger partial charge < -0.3 is 20.3 Å². The molecule has 1 aliphatic heterocycles. The van der Waals surface area contributed by atoms with Gasteiger partial charge in [-0.3, -0.25) is 4.79 Å². The number of carbonyl (C=O) groups excluding carboxylic acids is 1. The molecule has 2 aromatic carbocycles. The van der Waals surface area contributed by atoms with E-state index in [1.807, 2.05) is 56.3 Å². The van der Waals surface area contributed by atoms with E-state index < -0.39 is 0 Å². The Morgan fingerprint density at radius 2 is 1.91 bits per heavy atom. The summed E-state index contributed by atoms with van der Waals surface area (Å²) >= 11 is 0. The molecule has 0 aliphatic carbocycles. The monoisotopic (exact) mass is 430 g/mol. The van der Waals surface area contributed by atoms with Crippen molar-refractivity contribution in [3.8, 4) is 5.75 Å². The highest BCUT2D eigenvalue weighted by molar-refractivity contribution is 5.94. The summed E-state index contributed by atoms with van der Waals surface area (Å²) in [5.41, 5.74) is 2.85. The van der Waals surface area contributed by atoms with E-state index in [0.29, 0.717) is 12.1 Å². The molecule has 1 aliphatic rings. The van der Waals surface area contributed by atoms with E-state index in [-0.39, 0.29) is 18.1 Å². The first-order chi connectivity index (χ1) is 15.6. The molecule has 4 rings (SSSR count). The first-order valence-electron chi connectivity index (χ1n) is 11.1. The minimum Gasteiger partial charge on any atom is -0.491 e. The number of nitrogens with one attached hydrogen (secondary N) is 2. The summed E-state index contributed by atoms with van der Waals surface area (Å²) < 4.78 is 5.65. The van der Waals surface area contributed by atoms with Gasteiger partial charge in [-0.25, -0.2) is 4.98 Å². The molecule has 0 radical (unpaired) electrons. The van der Waals surface area contributed by atoms with Crippen LogP contribution < -0.4 is 20.3 Å². The Bertz CT molecular complexity index is 1000. The van der Waals surface area contributed by atoms with Gasteiger partial charge in [0.1, 0.15) is 11.6 Å². The predicted octanol–water partition coefficient (Wildman–Crippen LogP) is 3.95. The largest absolute Gasteiger partial charge is 0.491 e. The molecule has 6 nitrogen and oxygen atoms in total. The Hall–Kier alpha value is -3.38. The van der Waals surface area contributed by atoms with E-state index in [1.54, 1.807) is 6.20 Å². The number of carbonyl (C=O) groups is 1. The summed E-state index contributed by atoms with van der Waals surface area (Å²) in [6.07, 6.45) is 1.80. The van der Waals surface area contributed by atoms with Gasteiger partial charge in [-0.05, 0) is 49.2 Å². The summed E-state index contributed by atoms with van der Waals surface area (Å²) in [5, 5.41) is 6.53. The molecule has 2 N–H and O–H groups in total. The quantitative estimate of drug-likeness (QED) is 0.594. The summed E-state index contributed by atoms with van der Waals surface area (Å²) in [6, 6.07) is 22.3. The Labute approximate surface area is 189 Å². The molecule has 2 heterocycles. The number of hydrogen-bond acceptors (Lipinski definition) is 5. The van der Waals surface area contributed by atoms with Crippen LogP contribution in [0.25, 0.3) is 0 Å². The highest BCUT2D eigenvalue weighted by Crippen LogP contribution is 2.21. The molecule has 6 heteroatoms. The van der Waals surface area contributed by atoms with Crippen LogP contribution in [0.3, 0.4) is 0 Å². The molecule has 166 valence electrons. The zero-order valence-electron chi connectivity index (χ0n) is 18.6. The number of hydrogen-bond donors (Lipinski definition) is 2. The maximum Gasteiger partial charge on any atom is 0.253 e. The van der Waals surface area contributed by atoms with Crippen molar-refractivity contribution in [3.63, 3.8) is 0 Å². The molecule has 0 bridgehead atoms. The van der Waals surface area contributed by atoms with Crippen molar-refractivity contribution < 1.29 is 9.53 Å². The molecule has 32 heavy (non-hydrogen) atoms. The molecule has 1 aromatic heterocycles. The standard InChI is InChI=1S/C26H30N4O2/c1-19(2)32-23-11-8-20(9-12-23)16-29-26(31)22-10-13-25(28-17-22)30-15-14-27-24(18-30)21-6-4-3-5-7-21/h3-13,17,19,24,27H,14-16,18H2,1-2H3,(H,29,31)/t24-/m0/s1. The van der Waals surface area contributed by atoms with Gasteiger partial charge in [0, 0.05) is 38.4 Å². The number of amides is 1. The number of anilines is 1. The van der Waals surface area contributed by atoms with Gasteiger partial charge in [0.05, 0.1) is 11.7 Å². The van der Waals surface area contributed by atoms with Crippen molar-refractivity contribution in [1.29, 1.82) is 0 Å². The number of aromatic nitrogens is 1. The Morgan fingerprint density at radius 1 is 1.12 bits per heavy atom. The first-order valence-corrected chi connectivity index (χ1v) is 11.1. The van der Waals surface area contributed by atoms with Gasteiger partial charge in [-0.2, -0.15) is 0 Å². The van der Waals surface area contributed by atoms with Crippen molar-refractivity contribution in [3.05, 3.63) is 89.6 Å². The van der Waals surface area contributed by atoms with E-state index in [2.05, 4.69) is 44.8 Å². The van der Waals surface area contributed by atoms with Crippen molar-refractivity contribution in [2.75, 3.05) is 24.5 Å². The number of pyridine rings is 1. The molecular weight excluding hydrogens is 400 g/mol. The van der Waals surface area contributed by atoms with Gasteiger partial charge in [0.15, 0.2) is 0 Å². The molecule has 1 amide bonds. The first kappa shape index (κ1) is 21.8. The lowest BCUT2D eigenvalue weighted by Crippen LogP contribution is -2.46. The van der Waals surface area contributed by atoms with Gasteiger partial charge in [0.25, 0.3) is 5.91 Å². The zero-order valence-corrected chi connectivity index (χ0v) is 18.6. The zero-order chi connectivity index (χ0) is 22.3. The SMILES string of the molecule is CC(C)Oc1ccc(CNC(=O)c2ccc(N3CCN[C@H](c4ccccc4)C3)nc2)cc1. The Morgan fingerprint density at radius 3 is 2.59 bits per heavy atom. The fraction of sp³-hybridized carbons (Fsp3) is 0.308. The third-order valence-corrected chi connectivity index (χ3v) is 5.46. The van der Waals surface area contributed by atoms with Crippen molar-refractivity contribution in [2.45, 2.75) is 32.5 Å². The average molecular weight is 431 g/mol. The number of benzene rings is 2. The predicted molar refractivity (Wildman–Crippen MR) is 127 cm³/mol. The van der Waals surface area contributed by atoms with Gasteiger partial charge in [0.2, 0.25) is 0 Å². The van der Waals surface area contributed by atoms with E-state index in [9.17, 15) is 4.79 Å². The van der Waals surface area contributed by atoms with Crippen LogP contribution in [0.4, 0.5) is 5.82 Å². The van der Waals surface area contributed by atoms with Crippen molar-refractivity contribution >= 4 is 11.7 Å². The van der Waals surface area contributed by atoms with E-state index in [0.717, 1.165) is 36.8 Å². The van der Waals surface area contributed by atoms with Crippen molar-refractivity contribution in [2.24, 2.45) is 0 Å². The van der Waals surface area contributed by atoms with Crippen LogP contribution in [0.2, 0.25) is 0 Å². The molecule has 0 saturated carbocycles. The molecule has 1 saturated heterocycles. The average Bonchev–Trinajstić information content (AvgIpc) is 2.84. The molecule has 1 atom stereocenters. The Kier molecular flexibility index (Phi) is 7.02. The fourth-order valence-corrected chi connectivity index (χ4v) is 3.82. The second-order valence-electron chi connectivity index (χ2n) is 8.26. The van der Waals surface area contributed by atoms with Crippen molar-refractivity contribution in [1.82, 2.24) is 15.6 Å². The van der Waals surface area contributed by atoms with Crippen LogP contribution in [-0.4, -0.2) is 36.6 Å². The smallest absolute Gasteiger partial charge is 0.253 e. The number of piperazine rings is 1.